The van der Waals surface area contributed by atoms with Gasteiger partial charge in [0.25, 0.3) is 0 Å². The summed E-state index contributed by atoms with van der Waals surface area (Å²) in [5.74, 6) is 1.44. The Morgan fingerprint density at radius 3 is 2.33 bits per heavy atom. The Kier molecular flexibility index (Phi) is 6.37. The van der Waals surface area contributed by atoms with Crippen LogP contribution in [0.1, 0.15) is 32.3 Å². The molecular weight excluding hydrogens is 210 g/mol. The van der Waals surface area contributed by atoms with Crippen LogP contribution >= 0.6 is 12.4 Å². The summed E-state index contributed by atoms with van der Waals surface area (Å²) in [6.45, 7) is 6.86. The fraction of sp³-hybridized carbons (Fsp3) is 0.500. The van der Waals surface area contributed by atoms with E-state index in [1.807, 2.05) is 25.1 Å². The van der Waals surface area contributed by atoms with Crippen LogP contribution in [0.25, 0.3) is 0 Å². The molecular formula is C12H20ClNO. The predicted molar refractivity (Wildman–Crippen MR) is 66.9 cm³/mol. The van der Waals surface area contributed by atoms with E-state index in [1.165, 1.54) is 5.56 Å². The number of halogens is 1. The highest BCUT2D eigenvalue weighted by Crippen LogP contribution is 2.26. The first-order valence-electron chi connectivity index (χ1n) is 5.10. The van der Waals surface area contributed by atoms with Gasteiger partial charge in [0.15, 0.2) is 0 Å². The van der Waals surface area contributed by atoms with Crippen LogP contribution < -0.4 is 10.5 Å². The number of rotatable bonds is 4. The summed E-state index contributed by atoms with van der Waals surface area (Å²) in [6, 6.07) is 8.13. The van der Waals surface area contributed by atoms with Crippen molar-refractivity contribution in [1.82, 2.24) is 0 Å². The van der Waals surface area contributed by atoms with Gasteiger partial charge in [-0.1, -0.05) is 32.0 Å². The van der Waals surface area contributed by atoms with Gasteiger partial charge in [-0.25, -0.2) is 0 Å². The first kappa shape index (κ1) is 14.3. The number of ether oxygens (including phenoxy) is 1. The van der Waals surface area contributed by atoms with E-state index in [2.05, 4.69) is 19.9 Å². The third kappa shape index (κ3) is 4.10. The van der Waals surface area contributed by atoms with Crippen LogP contribution in [0.5, 0.6) is 5.75 Å². The second-order valence-electron chi connectivity index (χ2n) is 3.86. The van der Waals surface area contributed by atoms with Crippen molar-refractivity contribution in [3.8, 4) is 5.75 Å². The Hall–Kier alpha value is -0.730. The standard InChI is InChI=1S/C12H19NO.ClH/c1-9(2)11-6-4-5-7-12(11)14-10(3)8-13;/h4-7,9-10H,8,13H2,1-3H3;1H. The highest BCUT2D eigenvalue weighted by Gasteiger charge is 2.08. The molecule has 0 aliphatic heterocycles. The smallest absolute Gasteiger partial charge is 0.123 e. The lowest BCUT2D eigenvalue weighted by atomic mass is 10.0. The van der Waals surface area contributed by atoms with Crippen molar-refractivity contribution in [3.05, 3.63) is 29.8 Å². The minimum absolute atomic E-state index is 0. The molecule has 0 radical (unpaired) electrons. The van der Waals surface area contributed by atoms with Gasteiger partial charge in [0.2, 0.25) is 0 Å². The fourth-order valence-corrected chi connectivity index (χ4v) is 1.33. The van der Waals surface area contributed by atoms with Crippen LogP contribution in [0.15, 0.2) is 24.3 Å². The molecule has 1 rings (SSSR count). The van der Waals surface area contributed by atoms with Crippen molar-refractivity contribution >= 4 is 12.4 Å². The molecule has 0 saturated heterocycles. The zero-order valence-electron chi connectivity index (χ0n) is 9.57. The predicted octanol–water partition coefficient (Wildman–Crippen LogP) is 2.96. The quantitative estimate of drug-likeness (QED) is 0.862. The zero-order chi connectivity index (χ0) is 10.6. The molecule has 0 heterocycles. The van der Waals surface area contributed by atoms with Crippen molar-refractivity contribution in [1.29, 1.82) is 0 Å². The lowest BCUT2D eigenvalue weighted by molar-refractivity contribution is 0.227. The molecule has 0 aromatic heterocycles. The topological polar surface area (TPSA) is 35.2 Å². The SMILES string of the molecule is CC(CN)Oc1ccccc1C(C)C.Cl. The summed E-state index contributed by atoms with van der Waals surface area (Å²) in [5.41, 5.74) is 6.76. The molecule has 86 valence electrons. The zero-order valence-corrected chi connectivity index (χ0v) is 10.4. The van der Waals surface area contributed by atoms with Gasteiger partial charge in [-0.3, -0.25) is 0 Å². The van der Waals surface area contributed by atoms with Gasteiger partial charge in [0.05, 0.1) is 0 Å². The molecule has 3 heteroatoms. The number of para-hydroxylation sites is 1. The molecule has 0 spiro atoms. The summed E-state index contributed by atoms with van der Waals surface area (Å²) >= 11 is 0. The molecule has 0 aliphatic rings. The van der Waals surface area contributed by atoms with E-state index in [9.17, 15) is 0 Å². The molecule has 2 nitrogen and oxygen atoms in total. The molecule has 1 atom stereocenters. The van der Waals surface area contributed by atoms with Crippen molar-refractivity contribution in [2.75, 3.05) is 6.54 Å². The molecule has 1 aromatic rings. The number of nitrogens with two attached hydrogens (primary N) is 1. The van der Waals surface area contributed by atoms with E-state index < -0.39 is 0 Å². The molecule has 15 heavy (non-hydrogen) atoms. The lowest BCUT2D eigenvalue weighted by Gasteiger charge is -2.17. The van der Waals surface area contributed by atoms with Crippen LogP contribution in [0.2, 0.25) is 0 Å². The van der Waals surface area contributed by atoms with Crippen molar-refractivity contribution < 1.29 is 4.74 Å². The highest BCUT2D eigenvalue weighted by atomic mass is 35.5. The summed E-state index contributed by atoms with van der Waals surface area (Å²) in [4.78, 5) is 0. The second-order valence-corrected chi connectivity index (χ2v) is 3.86. The van der Waals surface area contributed by atoms with Crippen LogP contribution in [0.3, 0.4) is 0 Å². The van der Waals surface area contributed by atoms with Crippen LogP contribution in [0.4, 0.5) is 0 Å². The number of hydrogen-bond donors (Lipinski definition) is 1. The maximum Gasteiger partial charge on any atom is 0.123 e. The molecule has 0 saturated carbocycles. The van der Waals surface area contributed by atoms with E-state index in [0.29, 0.717) is 12.5 Å². The third-order valence-electron chi connectivity index (χ3n) is 2.20. The average molecular weight is 230 g/mol. The van der Waals surface area contributed by atoms with Gasteiger partial charge in [0, 0.05) is 6.54 Å². The second kappa shape index (κ2) is 6.70. The van der Waals surface area contributed by atoms with E-state index in [-0.39, 0.29) is 18.5 Å². The molecule has 0 fully saturated rings. The minimum Gasteiger partial charge on any atom is -0.489 e. The number of hydrogen-bond acceptors (Lipinski definition) is 2. The van der Waals surface area contributed by atoms with Gasteiger partial charge in [-0.2, -0.15) is 0 Å². The largest absolute Gasteiger partial charge is 0.489 e. The summed E-state index contributed by atoms with van der Waals surface area (Å²) < 4.78 is 5.73. The van der Waals surface area contributed by atoms with E-state index >= 15 is 0 Å². The van der Waals surface area contributed by atoms with Gasteiger partial charge < -0.3 is 10.5 Å². The molecule has 1 aromatic carbocycles. The van der Waals surface area contributed by atoms with Gasteiger partial charge >= 0.3 is 0 Å². The Bertz CT molecular complexity index is 289. The van der Waals surface area contributed by atoms with Gasteiger partial charge in [-0.05, 0) is 24.5 Å². The molecule has 0 bridgehead atoms. The fourth-order valence-electron chi connectivity index (χ4n) is 1.33. The highest BCUT2D eigenvalue weighted by molar-refractivity contribution is 5.85. The Labute approximate surface area is 98.2 Å². The summed E-state index contributed by atoms with van der Waals surface area (Å²) in [6.07, 6.45) is 0.0786. The van der Waals surface area contributed by atoms with E-state index in [0.717, 1.165) is 5.75 Å². The minimum atomic E-state index is 0. The number of benzene rings is 1. The van der Waals surface area contributed by atoms with Crippen molar-refractivity contribution in [2.24, 2.45) is 5.73 Å². The van der Waals surface area contributed by atoms with E-state index in [4.69, 9.17) is 10.5 Å². The Balaban J connectivity index is 0.00000196. The first-order chi connectivity index (χ1) is 6.65. The molecule has 1 unspecified atom stereocenters. The molecule has 0 amide bonds. The molecule has 0 aliphatic carbocycles. The van der Waals surface area contributed by atoms with Crippen LogP contribution in [-0.2, 0) is 0 Å². The van der Waals surface area contributed by atoms with E-state index in [1.54, 1.807) is 0 Å². The van der Waals surface area contributed by atoms with Crippen LogP contribution in [-0.4, -0.2) is 12.6 Å². The Morgan fingerprint density at radius 2 is 1.80 bits per heavy atom. The van der Waals surface area contributed by atoms with Crippen molar-refractivity contribution in [2.45, 2.75) is 32.8 Å². The maximum atomic E-state index is 5.73. The lowest BCUT2D eigenvalue weighted by Crippen LogP contribution is -2.23. The van der Waals surface area contributed by atoms with Gasteiger partial charge in [-0.15, -0.1) is 12.4 Å². The van der Waals surface area contributed by atoms with Crippen LogP contribution in [0, 0.1) is 0 Å². The summed E-state index contributed by atoms with van der Waals surface area (Å²) in [5, 5.41) is 0. The maximum absolute atomic E-state index is 5.73. The Morgan fingerprint density at radius 1 is 1.20 bits per heavy atom. The normalized spacial score (nSPS) is 12.1. The molecule has 2 N–H and O–H groups in total. The van der Waals surface area contributed by atoms with Crippen molar-refractivity contribution in [3.63, 3.8) is 0 Å². The third-order valence-corrected chi connectivity index (χ3v) is 2.20. The average Bonchev–Trinajstić information content (AvgIpc) is 2.18. The first-order valence-corrected chi connectivity index (χ1v) is 5.10. The van der Waals surface area contributed by atoms with Gasteiger partial charge in [0.1, 0.15) is 11.9 Å². The summed E-state index contributed by atoms with van der Waals surface area (Å²) in [7, 11) is 0. The monoisotopic (exact) mass is 229 g/mol.